The Kier molecular flexibility index (Phi) is 7.24. The van der Waals surface area contributed by atoms with E-state index in [4.69, 9.17) is 0 Å². The maximum absolute atomic E-state index is 12.9. The summed E-state index contributed by atoms with van der Waals surface area (Å²) < 4.78 is 27.1. The van der Waals surface area contributed by atoms with Crippen molar-refractivity contribution in [3.8, 4) is 0 Å². The van der Waals surface area contributed by atoms with Crippen molar-refractivity contribution in [2.24, 2.45) is 5.10 Å². The summed E-state index contributed by atoms with van der Waals surface area (Å²) in [5, 5.41) is 15.3. The first-order valence-electron chi connectivity index (χ1n) is 8.94. The lowest BCUT2D eigenvalue weighted by Crippen LogP contribution is -2.31. The molecule has 2 aromatic rings. The van der Waals surface area contributed by atoms with Gasteiger partial charge >= 0.3 is 0 Å². The first-order valence-corrected chi connectivity index (χ1v) is 10.4. The zero-order chi connectivity index (χ0) is 20.7. The van der Waals surface area contributed by atoms with Crippen LogP contribution in [0.15, 0.2) is 58.5 Å². The molecule has 1 unspecified atom stereocenters. The van der Waals surface area contributed by atoms with Crippen molar-refractivity contribution in [2.45, 2.75) is 31.6 Å². The zero-order valence-electron chi connectivity index (χ0n) is 16.1. The molecule has 9 heteroatoms. The molecule has 0 saturated heterocycles. The van der Waals surface area contributed by atoms with Gasteiger partial charge < -0.3 is 0 Å². The van der Waals surface area contributed by atoms with Crippen LogP contribution in [-0.4, -0.2) is 37.0 Å². The number of sulfonamides is 1. The lowest BCUT2D eigenvalue weighted by molar-refractivity contribution is -0.385. The van der Waals surface area contributed by atoms with Crippen LogP contribution in [0.1, 0.15) is 32.3 Å². The molecule has 0 amide bonds. The molecule has 150 valence electrons. The van der Waals surface area contributed by atoms with Gasteiger partial charge in [-0.3, -0.25) is 15.5 Å². The number of benzene rings is 2. The Morgan fingerprint density at radius 2 is 1.82 bits per heavy atom. The Labute approximate surface area is 165 Å². The molecule has 0 aromatic heterocycles. The molecule has 8 nitrogen and oxygen atoms in total. The van der Waals surface area contributed by atoms with E-state index >= 15 is 0 Å². The third-order valence-electron chi connectivity index (χ3n) is 4.31. The number of nitro groups is 1. The van der Waals surface area contributed by atoms with Crippen molar-refractivity contribution in [2.75, 3.05) is 18.5 Å². The number of rotatable bonds is 9. The van der Waals surface area contributed by atoms with Gasteiger partial charge in [0.05, 0.1) is 10.6 Å². The minimum absolute atomic E-state index is 0.00888. The SMILES string of the molecule is CCN(CC)S(=O)(=O)c1cc([N+](=O)[O-])ccc1N/N=C/C(C)c1ccccc1. The average molecular weight is 404 g/mol. The summed E-state index contributed by atoms with van der Waals surface area (Å²) in [7, 11) is -3.90. The van der Waals surface area contributed by atoms with Crippen LogP contribution in [-0.2, 0) is 10.0 Å². The molecule has 1 N–H and O–H groups in total. The lowest BCUT2D eigenvalue weighted by atomic mass is 10.0. The highest BCUT2D eigenvalue weighted by molar-refractivity contribution is 7.89. The Hall–Kier alpha value is -2.78. The van der Waals surface area contributed by atoms with Crippen molar-refractivity contribution in [3.63, 3.8) is 0 Å². The minimum Gasteiger partial charge on any atom is -0.277 e. The van der Waals surface area contributed by atoms with E-state index in [9.17, 15) is 18.5 Å². The van der Waals surface area contributed by atoms with Crippen LogP contribution in [0.4, 0.5) is 11.4 Å². The molecular formula is C19H24N4O4S. The fraction of sp³-hybridized carbons (Fsp3) is 0.316. The van der Waals surface area contributed by atoms with Crippen LogP contribution in [0.5, 0.6) is 0 Å². The average Bonchev–Trinajstić information content (AvgIpc) is 2.69. The molecule has 0 saturated carbocycles. The van der Waals surface area contributed by atoms with Crippen molar-refractivity contribution < 1.29 is 13.3 Å². The summed E-state index contributed by atoms with van der Waals surface area (Å²) in [6.45, 7) is 5.91. The second-order valence-electron chi connectivity index (χ2n) is 6.12. The zero-order valence-corrected chi connectivity index (χ0v) is 16.9. The van der Waals surface area contributed by atoms with Gasteiger partial charge in [-0.05, 0) is 11.6 Å². The van der Waals surface area contributed by atoms with E-state index in [1.165, 1.54) is 16.4 Å². The smallest absolute Gasteiger partial charge is 0.270 e. The van der Waals surface area contributed by atoms with Gasteiger partial charge in [-0.15, -0.1) is 0 Å². The van der Waals surface area contributed by atoms with Gasteiger partial charge in [-0.1, -0.05) is 51.1 Å². The van der Waals surface area contributed by atoms with Gasteiger partial charge in [0.1, 0.15) is 4.90 Å². The highest BCUT2D eigenvalue weighted by Crippen LogP contribution is 2.29. The number of hydrazone groups is 1. The van der Waals surface area contributed by atoms with Gasteiger partial charge in [0, 0.05) is 37.4 Å². The van der Waals surface area contributed by atoms with Crippen molar-refractivity contribution in [1.29, 1.82) is 0 Å². The molecule has 2 rings (SSSR count). The Balaban J connectivity index is 2.36. The standard InChI is InChI=1S/C19H24N4O4S/c1-4-22(5-2)28(26,27)19-13-17(23(24)25)11-12-18(19)21-20-14-15(3)16-9-7-6-8-10-16/h6-15,21H,4-5H2,1-3H3/b20-14+. The summed E-state index contributed by atoms with van der Waals surface area (Å²) in [5.74, 6) is 0.00888. The summed E-state index contributed by atoms with van der Waals surface area (Å²) >= 11 is 0. The molecule has 0 aliphatic carbocycles. The van der Waals surface area contributed by atoms with Crippen LogP contribution < -0.4 is 5.43 Å². The number of hydrogen-bond acceptors (Lipinski definition) is 6. The van der Waals surface area contributed by atoms with Crippen molar-refractivity contribution in [1.82, 2.24) is 4.31 Å². The quantitative estimate of drug-likeness (QED) is 0.388. The van der Waals surface area contributed by atoms with Gasteiger partial charge in [0.25, 0.3) is 5.69 Å². The third-order valence-corrected chi connectivity index (χ3v) is 6.40. The van der Waals surface area contributed by atoms with Crippen LogP contribution in [0, 0.1) is 10.1 Å². The Bertz CT molecular complexity index is 942. The Morgan fingerprint density at radius 3 is 2.39 bits per heavy atom. The van der Waals surface area contributed by atoms with Crippen LogP contribution in [0.2, 0.25) is 0 Å². The van der Waals surface area contributed by atoms with Crippen LogP contribution >= 0.6 is 0 Å². The van der Waals surface area contributed by atoms with Crippen LogP contribution in [0.3, 0.4) is 0 Å². The van der Waals surface area contributed by atoms with E-state index in [-0.39, 0.29) is 35.3 Å². The summed E-state index contributed by atoms with van der Waals surface area (Å²) in [6, 6.07) is 13.4. The van der Waals surface area contributed by atoms with Gasteiger partial charge in [-0.25, -0.2) is 8.42 Å². The maximum Gasteiger partial charge on any atom is 0.270 e. The molecule has 0 fully saturated rings. The minimum atomic E-state index is -3.90. The summed E-state index contributed by atoms with van der Waals surface area (Å²) in [4.78, 5) is 10.3. The normalized spacial score (nSPS) is 13.0. The van der Waals surface area contributed by atoms with Crippen molar-refractivity contribution in [3.05, 3.63) is 64.2 Å². The number of nitrogens with zero attached hydrogens (tertiary/aromatic N) is 3. The van der Waals surface area contributed by atoms with Crippen LogP contribution in [0.25, 0.3) is 0 Å². The molecule has 28 heavy (non-hydrogen) atoms. The van der Waals surface area contributed by atoms with Gasteiger partial charge in [0.15, 0.2) is 0 Å². The fourth-order valence-electron chi connectivity index (χ4n) is 2.69. The number of nitrogens with one attached hydrogen (secondary N) is 1. The van der Waals surface area contributed by atoms with E-state index in [0.717, 1.165) is 11.6 Å². The Morgan fingerprint density at radius 1 is 1.18 bits per heavy atom. The number of non-ortho nitro benzene ring substituents is 1. The lowest BCUT2D eigenvalue weighted by Gasteiger charge is -2.20. The molecule has 0 radical (unpaired) electrons. The summed E-state index contributed by atoms with van der Waals surface area (Å²) in [6.07, 6.45) is 1.66. The highest BCUT2D eigenvalue weighted by Gasteiger charge is 2.27. The first kappa shape index (κ1) is 21.5. The monoisotopic (exact) mass is 404 g/mol. The van der Waals surface area contributed by atoms with Gasteiger partial charge in [0.2, 0.25) is 10.0 Å². The molecule has 0 spiro atoms. The second-order valence-corrected chi connectivity index (χ2v) is 8.02. The largest absolute Gasteiger partial charge is 0.277 e. The van der Waals surface area contributed by atoms with E-state index in [0.29, 0.717) is 0 Å². The number of anilines is 1. The molecule has 2 aromatic carbocycles. The predicted octanol–water partition coefficient (Wildman–Crippen LogP) is 3.83. The molecule has 0 heterocycles. The second kappa shape index (κ2) is 9.43. The molecule has 0 aliphatic rings. The van der Waals surface area contributed by atoms with E-state index in [2.05, 4.69) is 10.5 Å². The fourth-order valence-corrected chi connectivity index (χ4v) is 4.31. The number of nitro benzene ring substituents is 1. The van der Waals surface area contributed by atoms with Gasteiger partial charge in [-0.2, -0.15) is 9.41 Å². The molecular weight excluding hydrogens is 380 g/mol. The molecule has 0 bridgehead atoms. The first-order chi connectivity index (χ1) is 13.3. The molecule has 1 atom stereocenters. The van der Waals surface area contributed by atoms with E-state index in [1.807, 2.05) is 37.3 Å². The molecule has 0 aliphatic heterocycles. The third kappa shape index (κ3) is 4.93. The number of hydrogen-bond donors (Lipinski definition) is 1. The van der Waals surface area contributed by atoms with E-state index < -0.39 is 14.9 Å². The summed E-state index contributed by atoms with van der Waals surface area (Å²) in [5.41, 5.74) is 3.69. The maximum atomic E-state index is 12.9. The van der Waals surface area contributed by atoms with Crippen molar-refractivity contribution >= 4 is 27.6 Å². The highest BCUT2D eigenvalue weighted by atomic mass is 32.2. The topological polar surface area (TPSA) is 105 Å². The predicted molar refractivity (Wildman–Crippen MR) is 110 cm³/mol. The van der Waals surface area contributed by atoms with E-state index in [1.54, 1.807) is 20.1 Å².